The number of benzene rings is 1. The molecule has 0 amide bonds. The van der Waals surface area contributed by atoms with Crippen molar-refractivity contribution >= 4 is 15.9 Å². The van der Waals surface area contributed by atoms with E-state index in [0.717, 1.165) is 23.1 Å². The minimum atomic E-state index is 0.330. The molecule has 2 nitrogen and oxygen atoms in total. The van der Waals surface area contributed by atoms with Crippen LogP contribution in [0.25, 0.3) is 0 Å². The molecule has 2 rings (SSSR count). The Balaban J connectivity index is 1.91. The van der Waals surface area contributed by atoms with Crippen LogP contribution in [0.4, 0.5) is 0 Å². The highest BCUT2D eigenvalue weighted by Gasteiger charge is 2.27. The van der Waals surface area contributed by atoms with E-state index in [1.54, 1.807) is 0 Å². The van der Waals surface area contributed by atoms with Gasteiger partial charge in [0.05, 0.1) is 0 Å². The van der Waals surface area contributed by atoms with Gasteiger partial charge >= 0.3 is 0 Å². The normalized spacial score (nSPS) is 26.6. The van der Waals surface area contributed by atoms with Crippen LogP contribution >= 0.6 is 15.9 Å². The number of rotatable bonds is 2. The first-order valence-electron chi connectivity index (χ1n) is 4.42. The van der Waals surface area contributed by atoms with E-state index in [-0.39, 0.29) is 0 Å². The molecule has 0 bridgehead atoms. The highest BCUT2D eigenvalue weighted by molar-refractivity contribution is 9.10. The number of halogens is 1. The number of ether oxygens (including phenoxy) is 1. The average molecular weight is 242 g/mol. The molecule has 0 unspecified atom stereocenters. The third-order valence-electron chi connectivity index (χ3n) is 2.25. The highest BCUT2D eigenvalue weighted by Crippen LogP contribution is 2.25. The van der Waals surface area contributed by atoms with Gasteiger partial charge in [-0.05, 0) is 37.1 Å². The first-order chi connectivity index (χ1) is 6.24. The maximum Gasteiger partial charge on any atom is 0.119 e. The van der Waals surface area contributed by atoms with Crippen LogP contribution in [0, 0.1) is 0 Å². The summed E-state index contributed by atoms with van der Waals surface area (Å²) in [5.74, 6) is 0.931. The Morgan fingerprint density at radius 3 is 2.38 bits per heavy atom. The zero-order chi connectivity index (χ0) is 9.26. The predicted molar refractivity (Wildman–Crippen MR) is 55.8 cm³/mol. The lowest BCUT2D eigenvalue weighted by atomic mass is 9.90. The third kappa shape index (κ3) is 2.23. The molecule has 0 aromatic heterocycles. The molecule has 3 heteroatoms. The summed E-state index contributed by atoms with van der Waals surface area (Å²) in [6.07, 6.45) is 2.29. The van der Waals surface area contributed by atoms with Gasteiger partial charge in [0.1, 0.15) is 11.9 Å². The van der Waals surface area contributed by atoms with E-state index < -0.39 is 0 Å². The van der Waals surface area contributed by atoms with Crippen LogP contribution in [0.1, 0.15) is 12.8 Å². The van der Waals surface area contributed by atoms with E-state index >= 15 is 0 Å². The minimum Gasteiger partial charge on any atom is -0.490 e. The van der Waals surface area contributed by atoms with Gasteiger partial charge in [0.25, 0.3) is 0 Å². The molecule has 1 fully saturated rings. The zero-order valence-electron chi connectivity index (χ0n) is 7.24. The molecule has 0 heterocycles. The second kappa shape index (κ2) is 3.68. The molecule has 1 saturated carbocycles. The third-order valence-corrected chi connectivity index (χ3v) is 2.78. The Morgan fingerprint density at radius 1 is 1.23 bits per heavy atom. The van der Waals surface area contributed by atoms with Crippen molar-refractivity contribution in [3.63, 3.8) is 0 Å². The van der Waals surface area contributed by atoms with Crippen molar-refractivity contribution in [3.05, 3.63) is 28.7 Å². The Hall–Kier alpha value is -0.540. The molecule has 0 radical (unpaired) electrons. The Morgan fingerprint density at radius 2 is 1.85 bits per heavy atom. The maximum atomic E-state index is 5.67. The van der Waals surface area contributed by atoms with Crippen molar-refractivity contribution in [1.82, 2.24) is 0 Å². The van der Waals surface area contributed by atoms with Gasteiger partial charge < -0.3 is 10.5 Å². The van der Waals surface area contributed by atoms with Gasteiger partial charge in [0.2, 0.25) is 0 Å². The van der Waals surface area contributed by atoms with Crippen LogP contribution in [0.5, 0.6) is 5.75 Å². The van der Waals surface area contributed by atoms with Crippen LogP contribution < -0.4 is 10.5 Å². The molecule has 0 saturated heterocycles. The van der Waals surface area contributed by atoms with Gasteiger partial charge in [-0.1, -0.05) is 15.9 Å². The van der Waals surface area contributed by atoms with Gasteiger partial charge in [-0.15, -0.1) is 0 Å². The molecular formula is C10H12BrNO. The summed E-state index contributed by atoms with van der Waals surface area (Å²) in [4.78, 5) is 0. The first kappa shape index (κ1) is 9.03. The molecule has 70 valence electrons. The summed E-state index contributed by atoms with van der Waals surface area (Å²) in [5.41, 5.74) is 5.66. The van der Waals surface area contributed by atoms with Crippen molar-refractivity contribution in [2.45, 2.75) is 25.0 Å². The van der Waals surface area contributed by atoms with Crippen molar-refractivity contribution in [3.8, 4) is 5.75 Å². The van der Waals surface area contributed by atoms with E-state index in [9.17, 15) is 0 Å². The number of hydrogen-bond acceptors (Lipinski definition) is 2. The van der Waals surface area contributed by atoms with Crippen LogP contribution in [-0.2, 0) is 0 Å². The Labute approximate surface area is 86.2 Å². The molecule has 1 aromatic carbocycles. The fourth-order valence-corrected chi connectivity index (χ4v) is 1.67. The molecule has 1 aromatic rings. The second-order valence-corrected chi connectivity index (χ2v) is 4.34. The molecule has 0 spiro atoms. The zero-order valence-corrected chi connectivity index (χ0v) is 8.83. The van der Waals surface area contributed by atoms with Gasteiger partial charge in [-0.2, -0.15) is 0 Å². The van der Waals surface area contributed by atoms with Gasteiger partial charge in [0, 0.05) is 10.5 Å². The molecule has 0 atom stereocenters. The Bertz CT molecular complexity index is 279. The first-order valence-corrected chi connectivity index (χ1v) is 5.21. The summed E-state index contributed by atoms with van der Waals surface area (Å²) < 4.78 is 6.75. The van der Waals surface area contributed by atoms with Gasteiger partial charge in [-0.25, -0.2) is 0 Å². The standard InChI is InChI=1S/C10H12BrNO/c11-7-1-3-9(4-2-7)13-10-5-8(12)6-10/h1-4,8,10H,5-6,12H2. The lowest BCUT2D eigenvalue weighted by Gasteiger charge is -2.32. The fraction of sp³-hybridized carbons (Fsp3) is 0.400. The fourth-order valence-electron chi connectivity index (χ4n) is 1.41. The van der Waals surface area contributed by atoms with Crippen LogP contribution in [0.2, 0.25) is 0 Å². The maximum absolute atomic E-state index is 5.67. The Kier molecular flexibility index (Phi) is 2.56. The van der Waals surface area contributed by atoms with Gasteiger partial charge in [0.15, 0.2) is 0 Å². The smallest absolute Gasteiger partial charge is 0.119 e. The number of nitrogens with two attached hydrogens (primary N) is 1. The highest BCUT2D eigenvalue weighted by atomic mass is 79.9. The van der Waals surface area contributed by atoms with E-state index in [1.807, 2.05) is 24.3 Å². The SMILES string of the molecule is NC1CC(Oc2ccc(Br)cc2)C1. The lowest BCUT2D eigenvalue weighted by Crippen LogP contribution is -2.43. The topological polar surface area (TPSA) is 35.2 Å². The monoisotopic (exact) mass is 241 g/mol. The predicted octanol–water partition coefficient (Wildman–Crippen LogP) is 2.32. The van der Waals surface area contributed by atoms with Crippen molar-refractivity contribution < 1.29 is 4.74 Å². The molecule has 1 aliphatic carbocycles. The second-order valence-electron chi connectivity index (χ2n) is 3.43. The quantitative estimate of drug-likeness (QED) is 0.863. The molecule has 2 N–H and O–H groups in total. The van der Waals surface area contributed by atoms with E-state index in [4.69, 9.17) is 10.5 Å². The summed E-state index contributed by atoms with van der Waals surface area (Å²) >= 11 is 3.38. The van der Waals surface area contributed by atoms with Crippen molar-refractivity contribution in [2.75, 3.05) is 0 Å². The molecule has 13 heavy (non-hydrogen) atoms. The lowest BCUT2D eigenvalue weighted by molar-refractivity contribution is 0.101. The van der Waals surface area contributed by atoms with E-state index in [2.05, 4.69) is 15.9 Å². The minimum absolute atomic E-state index is 0.330. The van der Waals surface area contributed by atoms with Crippen LogP contribution in [-0.4, -0.2) is 12.1 Å². The van der Waals surface area contributed by atoms with E-state index in [0.29, 0.717) is 12.1 Å². The van der Waals surface area contributed by atoms with E-state index in [1.165, 1.54) is 0 Å². The van der Waals surface area contributed by atoms with Crippen LogP contribution in [0.3, 0.4) is 0 Å². The summed E-state index contributed by atoms with van der Waals surface area (Å²) in [6, 6.07) is 8.24. The number of hydrogen-bond donors (Lipinski definition) is 1. The molecular weight excluding hydrogens is 230 g/mol. The van der Waals surface area contributed by atoms with Gasteiger partial charge in [-0.3, -0.25) is 0 Å². The summed E-state index contributed by atoms with van der Waals surface area (Å²) in [7, 11) is 0. The summed E-state index contributed by atoms with van der Waals surface area (Å²) in [6.45, 7) is 0. The van der Waals surface area contributed by atoms with Crippen molar-refractivity contribution in [1.29, 1.82) is 0 Å². The largest absolute Gasteiger partial charge is 0.490 e. The molecule has 1 aliphatic rings. The van der Waals surface area contributed by atoms with Crippen LogP contribution in [0.15, 0.2) is 28.7 Å². The average Bonchev–Trinajstić information content (AvgIpc) is 2.06. The molecule has 0 aliphatic heterocycles. The van der Waals surface area contributed by atoms with Crippen molar-refractivity contribution in [2.24, 2.45) is 5.73 Å². The summed E-state index contributed by atoms with van der Waals surface area (Å²) in [5, 5.41) is 0.